The van der Waals surface area contributed by atoms with Gasteiger partial charge in [-0.2, -0.15) is 3.97 Å². The largest absolute Gasteiger partial charge is 0.493 e. The Labute approximate surface area is 136 Å². The van der Waals surface area contributed by atoms with Crippen molar-refractivity contribution in [3.8, 4) is 5.88 Å². The van der Waals surface area contributed by atoms with E-state index in [-0.39, 0.29) is 10.8 Å². The number of aromatic amines is 1. The van der Waals surface area contributed by atoms with E-state index >= 15 is 0 Å². The topological polar surface area (TPSA) is 121 Å². The van der Waals surface area contributed by atoms with Crippen LogP contribution in [0.1, 0.15) is 6.92 Å². The van der Waals surface area contributed by atoms with Crippen LogP contribution in [-0.2, 0) is 14.8 Å². The molecule has 0 aliphatic carbocycles. The third-order valence-corrected chi connectivity index (χ3v) is 5.00. The van der Waals surface area contributed by atoms with Gasteiger partial charge in [-0.15, -0.1) is 0 Å². The highest BCUT2D eigenvalue weighted by Crippen LogP contribution is 2.23. The first-order valence-electron chi connectivity index (χ1n) is 6.85. The zero-order chi connectivity index (χ0) is 17.5. The van der Waals surface area contributed by atoms with Gasteiger partial charge in [-0.05, 0) is 35.0 Å². The molecule has 0 saturated heterocycles. The van der Waals surface area contributed by atoms with E-state index in [4.69, 9.17) is 0 Å². The number of hydrogen-bond acceptors (Lipinski definition) is 5. The van der Waals surface area contributed by atoms with E-state index in [2.05, 4.69) is 5.32 Å². The molecule has 9 heteroatoms. The molecule has 0 radical (unpaired) electrons. The highest BCUT2D eigenvalue weighted by atomic mass is 32.2. The van der Waals surface area contributed by atoms with E-state index in [0.29, 0.717) is 15.0 Å². The van der Waals surface area contributed by atoms with E-state index in [1.807, 2.05) is 4.98 Å². The average Bonchev–Trinajstić information content (AvgIpc) is 2.85. The number of benzene rings is 2. The van der Waals surface area contributed by atoms with Gasteiger partial charge in [0.1, 0.15) is 0 Å². The summed E-state index contributed by atoms with van der Waals surface area (Å²) in [6.45, 7) is 1.39. The number of aromatic hydroxyl groups is 1. The number of aromatic nitrogens is 2. The monoisotopic (exact) mass is 347 g/mol. The summed E-state index contributed by atoms with van der Waals surface area (Å²) in [5.41, 5.74) is -0.356. The molecule has 0 spiro atoms. The van der Waals surface area contributed by atoms with Crippen molar-refractivity contribution in [3.05, 3.63) is 53.1 Å². The van der Waals surface area contributed by atoms with Crippen LogP contribution >= 0.6 is 0 Å². The molecule has 3 rings (SSSR count). The minimum absolute atomic E-state index is 0.0941. The second-order valence-corrected chi connectivity index (χ2v) is 6.97. The Morgan fingerprint density at radius 2 is 1.83 bits per heavy atom. The summed E-state index contributed by atoms with van der Waals surface area (Å²) >= 11 is 0. The van der Waals surface area contributed by atoms with Crippen molar-refractivity contribution in [2.24, 2.45) is 0 Å². The molecule has 1 heterocycles. The van der Waals surface area contributed by atoms with E-state index in [9.17, 15) is 23.1 Å². The van der Waals surface area contributed by atoms with Crippen LogP contribution in [0.25, 0.3) is 10.8 Å². The average molecular weight is 347 g/mol. The van der Waals surface area contributed by atoms with Crippen LogP contribution in [0.5, 0.6) is 5.88 Å². The number of amides is 1. The number of carbonyl (C=O) groups is 1. The molecule has 24 heavy (non-hydrogen) atoms. The lowest BCUT2D eigenvalue weighted by atomic mass is 10.1. The summed E-state index contributed by atoms with van der Waals surface area (Å²) in [5.74, 6) is -0.746. The fourth-order valence-electron chi connectivity index (χ4n) is 2.32. The molecule has 1 amide bonds. The van der Waals surface area contributed by atoms with Crippen molar-refractivity contribution in [2.75, 3.05) is 5.32 Å². The molecule has 8 nitrogen and oxygen atoms in total. The number of nitrogens with one attached hydrogen (secondary N) is 2. The minimum Gasteiger partial charge on any atom is -0.493 e. The van der Waals surface area contributed by atoms with Crippen molar-refractivity contribution >= 4 is 32.4 Å². The van der Waals surface area contributed by atoms with Gasteiger partial charge in [0.25, 0.3) is 10.0 Å². The number of hydrogen-bond donors (Lipinski definition) is 3. The lowest BCUT2D eigenvalue weighted by Gasteiger charge is -2.07. The maximum atomic E-state index is 12.5. The highest BCUT2D eigenvalue weighted by molar-refractivity contribution is 7.90. The van der Waals surface area contributed by atoms with Crippen molar-refractivity contribution in [1.82, 2.24) is 8.96 Å². The summed E-state index contributed by atoms with van der Waals surface area (Å²) in [4.78, 5) is 24.6. The lowest BCUT2D eigenvalue weighted by molar-refractivity contribution is -0.114. The molecular weight excluding hydrogens is 334 g/mol. The number of carbonyl (C=O) groups excluding carboxylic acids is 1. The second kappa shape index (κ2) is 5.53. The van der Waals surface area contributed by atoms with Gasteiger partial charge in [-0.3, -0.25) is 9.78 Å². The Balaban J connectivity index is 2.09. The maximum absolute atomic E-state index is 12.5. The number of nitrogens with zero attached hydrogens (tertiary/aromatic N) is 1. The van der Waals surface area contributed by atoms with Crippen molar-refractivity contribution in [1.29, 1.82) is 0 Å². The molecular formula is C15H13N3O5S. The second-order valence-electron chi connectivity index (χ2n) is 5.15. The SMILES string of the molecule is CC(=O)Nc1ccc2cc(S(=O)(=O)n3cc(O)[nH]c3=O)ccc2c1. The van der Waals surface area contributed by atoms with Crippen molar-refractivity contribution in [2.45, 2.75) is 11.8 Å². The number of rotatable bonds is 3. The van der Waals surface area contributed by atoms with Gasteiger partial charge in [0.15, 0.2) is 0 Å². The fourth-order valence-corrected chi connectivity index (χ4v) is 3.57. The molecule has 1 aromatic heterocycles. The van der Waals surface area contributed by atoms with E-state index in [0.717, 1.165) is 11.6 Å². The van der Waals surface area contributed by atoms with Gasteiger partial charge in [0.2, 0.25) is 11.8 Å². The predicted molar refractivity (Wildman–Crippen MR) is 87.6 cm³/mol. The van der Waals surface area contributed by atoms with Gasteiger partial charge in [0, 0.05) is 12.6 Å². The van der Waals surface area contributed by atoms with Crippen LogP contribution in [-0.4, -0.2) is 28.4 Å². The van der Waals surface area contributed by atoms with Gasteiger partial charge in [0.05, 0.1) is 11.1 Å². The summed E-state index contributed by atoms with van der Waals surface area (Å²) in [6, 6.07) is 9.36. The molecule has 3 N–H and O–H groups in total. The van der Waals surface area contributed by atoms with Crippen LogP contribution in [0.2, 0.25) is 0 Å². The Morgan fingerprint density at radius 1 is 1.17 bits per heavy atom. The molecule has 0 unspecified atom stereocenters. The number of anilines is 1. The molecule has 0 bridgehead atoms. The smallest absolute Gasteiger partial charge is 0.342 e. The zero-order valence-corrected chi connectivity index (χ0v) is 13.3. The minimum atomic E-state index is -4.13. The zero-order valence-electron chi connectivity index (χ0n) is 12.5. The third kappa shape index (κ3) is 2.76. The Kier molecular flexibility index (Phi) is 3.64. The highest BCUT2D eigenvalue weighted by Gasteiger charge is 2.20. The normalized spacial score (nSPS) is 11.5. The van der Waals surface area contributed by atoms with Crippen LogP contribution < -0.4 is 11.0 Å². The quantitative estimate of drug-likeness (QED) is 0.658. The molecule has 0 aliphatic heterocycles. The van der Waals surface area contributed by atoms with Crippen molar-refractivity contribution in [3.63, 3.8) is 0 Å². The summed E-state index contributed by atoms with van der Waals surface area (Å²) < 4.78 is 25.4. The summed E-state index contributed by atoms with van der Waals surface area (Å²) in [6.07, 6.45) is 0.807. The van der Waals surface area contributed by atoms with Crippen LogP contribution in [0.3, 0.4) is 0 Å². The van der Waals surface area contributed by atoms with E-state index in [1.54, 1.807) is 24.3 Å². The molecule has 2 aromatic carbocycles. The Hall–Kier alpha value is -3.07. The standard InChI is InChI=1S/C15H13N3O5S/c1-9(19)16-12-4-2-11-7-13(5-3-10(11)6-12)24(22,23)18-8-14(20)17-15(18)21/h2-8,20H,1H3,(H,16,19)(H,17,21). The predicted octanol–water partition coefficient (Wildman–Crippen LogP) is 1.23. The number of imidazole rings is 1. The third-order valence-electron chi connectivity index (χ3n) is 3.36. The lowest BCUT2D eigenvalue weighted by Crippen LogP contribution is -2.24. The van der Waals surface area contributed by atoms with Crippen LogP contribution in [0.4, 0.5) is 5.69 Å². The Bertz CT molecular complexity index is 1110. The van der Waals surface area contributed by atoms with Crippen LogP contribution in [0, 0.1) is 0 Å². The molecule has 0 atom stereocenters. The summed E-state index contributed by atoms with van der Waals surface area (Å²) in [5, 5.41) is 13.2. The Morgan fingerprint density at radius 3 is 2.46 bits per heavy atom. The first-order valence-corrected chi connectivity index (χ1v) is 8.29. The van der Waals surface area contributed by atoms with Gasteiger partial charge >= 0.3 is 5.69 Å². The van der Waals surface area contributed by atoms with Crippen LogP contribution in [0.15, 0.2) is 52.3 Å². The van der Waals surface area contributed by atoms with Gasteiger partial charge in [-0.1, -0.05) is 12.1 Å². The fraction of sp³-hybridized carbons (Fsp3) is 0.0667. The first kappa shape index (κ1) is 15.8. The molecule has 0 aliphatic rings. The summed E-state index contributed by atoms with van der Waals surface area (Å²) in [7, 11) is -4.13. The molecule has 3 aromatic rings. The van der Waals surface area contributed by atoms with E-state index in [1.165, 1.54) is 19.1 Å². The van der Waals surface area contributed by atoms with Crippen molar-refractivity contribution < 1.29 is 18.3 Å². The van der Waals surface area contributed by atoms with Gasteiger partial charge in [-0.25, -0.2) is 13.2 Å². The van der Waals surface area contributed by atoms with Gasteiger partial charge < -0.3 is 10.4 Å². The number of H-pyrrole nitrogens is 1. The molecule has 0 saturated carbocycles. The maximum Gasteiger partial charge on any atom is 0.342 e. The molecule has 0 fully saturated rings. The van der Waals surface area contributed by atoms with E-state index < -0.39 is 21.6 Å². The number of fused-ring (bicyclic) bond motifs is 1. The molecule has 124 valence electrons. The first-order chi connectivity index (χ1) is 11.3.